The lowest BCUT2D eigenvalue weighted by atomic mass is 10.2. The summed E-state index contributed by atoms with van der Waals surface area (Å²) in [5.74, 6) is -0.256. The molecule has 0 unspecified atom stereocenters. The van der Waals surface area contributed by atoms with Crippen LogP contribution in [0.2, 0.25) is 0 Å². The molecular formula is C15H25NO6S. The topological polar surface area (TPSA) is 127 Å². The van der Waals surface area contributed by atoms with Gasteiger partial charge in [0.25, 0.3) is 10.1 Å². The maximum Gasteiger partial charge on any atom is 0.325 e. The van der Waals surface area contributed by atoms with E-state index in [1.807, 2.05) is 20.8 Å². The van der Waals surface area contributed by atoms with Crippen LogP contribution in [0.5, 0.6) is 0 Å². The molecule has 2 atom stereocenters. The largest absolute Gasteiger partial charge is 0.464 e. The van der Waals surface area contributed by atoms with E-state index in [1.165, 1.54) is 19.1 Å². The molecule has 0 heterocycles. The molecule has 23 heavy (non-hydrogen) atoms. The number of nitrogens with two attached hydrogens (primary N) is 1. The van der Waals surface area contributed by atoms with E-state index in [-0.39, 0.29) is 10.8 Å². The molecule has 4 N–H and O–H groups in total. The molecule has 0 radical (unpaired) electrons. The van der Waals surface area contributed by atoms with Gasteiger partial charge in [-0.05, 0) is 31.9 Å². The second kappa shape index (κ2) is 9.61. The zero-order valence-electron chi connectivity index (χ0n) is 13.8. The third-order valence-corrected chi connectivity index (χ3v) is 3.54. The summed E-state index contributed by atoms with van der Waals surface area (Å²) in [4.78, 5) is 10.9. The molecular weight excluding hydrogens is 322 g/mol. The number of aryl methyl sites for hydroxylation is 1. The van der Waals surface area contributed by atoms with Crippen LogP contribution in [0.15, 0.2) is 29.2 Å². The van der Waals surface area contributed by atoms with Crippen LogP contribution in [0.4, 0.5) is 0 Å². The van der Waals surface area contributed by atoms with Gasteiger partial charge in [0.2, 0.25) is 0 Å². The maximum atomic E-state index is 11.0. The van der Waals surface area contributed by atoms with E-state index in [9.17, 15) is 13.2 Å². The van der Waals surface area contributed by atoms with Crippen molar-refractivity contribution in [1.82, 2.24) is 0 Å². The third-order valence-electron chi connectivity index (χ3n) is 2.67. The Morgan fingerprint density at radius 1 is 1.22 bits per heavy atom. The Balaban J connectivity index is 0.000000422. The lowest BCUT2D eigenvalue weighted by Crippen LogP contribution is -2.41. The van der Waals surface area contributed by atoms with Crippen molar-refractivity contribution in [2.75, 3.05) is 6.61 Å². The Hall–Kier alpha value is -1.48. The average Bonchev–Trinajstić information content (AvgIpc) is 2.43. The van der Waals surface area contributed by atoms with Crippen molar-refractivity contribution in [2.45, 2.75) is 44.7 Å². The van der Waals surface area contributed by atoms with E-state index in [4.69, 9.17) is 20.1 Å². The first kappa shape index (κ1) is 21.5. The van der Waals surface area contributed by atoms with Gasteiger partial charge in [0.1, 0.15) is 6.04 Å². The molecule has 0 aromatic heterocycles. The zero-order chi connectivity index (χ0) is 18.2. The third kappa shape index (κ3) is 9.29. The summed E-state index contributed by atoms with van der Waals surface area (Å²) in [6.45, 7) is 7.51. The Morgan fingerprint density at radius 3 is 2.04 bits per heavy atom. The van der Waals surface area contributed by atoms with Crippen LogP contribution in [-0.2, 0) is 19.6 Å². The number of aliphatic hydroxyl groups is 1. The fourth-order valence-electron chi connectivity index (χ4n) is 1.25. The summed E-state index contributed by atoms with van der Waals surface area (Å²) in [6, 6.07) is 5.06. The number of ether oxygens (including phenoxy) is 1. The van der Waals surface area contributed by atoms with Crippen LogP contribution in [0, 0.1) is 12.8 Å². The first-order chi connectivity index (χ1) is 10.4. The Labute approximate surface area is 137 Å². The summed E-state index contributed by atoms with van der Waals surface area (Å²) < 4.78 is 34.4. The van der Waals surface area contributed by atoms with Crippen molar-refractivity contribution in [3.8, 4) is 0 Å². The number of benzene rings is 1. The maximum absolute atomic E-state index is 11.0. The first-order valence-electron chi connectivity index (χ1n) is 7.09. The van der Waals surface area contributed by atoms with Crippen molar-refractivity contribution < 1.29 is 27.6 Å². The molecule has 0 aliphatic heterocycles. The van der Waals surface area contributed by atoms with Gasteiger partial charge in [-0.2, -0.15) is 8.42 Å². The van der Waals surface area contributed by atoms with Crippen LogP contribution in [0.25, 0.3) is 0 Å². The number of carbonyl (C=O) groups excluding carboxylic acids is 1. The summed E-state index contributed by atoms with van der Waals surface area (Å²) in [5, 5.41) is 8.93. The van der Waals surface area contributed by atoms with E-state index in [1.54, 1.807) is 12.1 Å². The van der Waals surface area contributed by atoms with Gasteiger partial charge in [-0.15, -0.1) is 0 Å². The fourth-order valence-corrected chi connectivity index (χ4v) is 1.73. The van der Waals surface area contributed by atoms with Crippen molar-refractivity contribution in [1.29, 1.82) is 0 Å². The Kier molecular flexibility index (Phi) is 8.99. The Morgan fingerprint density at radius 2 is 1.70 bits per heavy atom. The second-order valence-electron chi connectivity index (χ2n) is 5.58. The van der Waals surface area contributed by atoms with Gasteiger partial charge in [0, 0.05) is 0 Å². The molecule has 0 saturated carbocycles. The fraction of sp³-hybridized carbons (Fsp3) is 0.533. The van der Waals surface area contributed by atoms with E-state index < -0.39 is 28.2 Å². The van der Waals surface area contributed by atoms with Crippen molar-refractivity contribution in [2.24, 2.45) is 11.7 Å². The molecule has 0 spiro atoms. The highest BCUT2D eigenvalue weighted by Gasteiger charge is 2.20. The highest BCUT2D eigenvalue weighted by atomic mass is 32.2. The summed E-state index contributed by atoms with van der Waals surface area (Å²) >= 11 is 0. The van der Waals surface area contributed by atoms with Gasteiger partial charge in [-0.25, -0.2) is 0 Å². The molecule has 0 amide bonds. The average molecular weight is 347 g/mol. The van der Waals surface area contributed by atoms with Gasteiger partial charge in [0.15, 0.2) is 0 Å². The summed E-state index contributed by atoms with van der Waals surface area (Å²) in [6.07, 6.45) is -0.857. The molecule has 1 aromatic rings. The monoisotopic (exact) mass is 347 g/mol. The molecule has 0 aliphatic rings. The standard InChI is InChI=1S/C8H17NO3.C7H8O3S/c1-5(2)4-12-8(11)7(9)6(3)10;1-6-2-4-7(5-3-6)11(8,9)10/h5-7,10H,4,9H2,1-3H3;2-5H,1H3,(H,8,9,10)/t6-,7+;/m1./s1. The molecule has 8 heteroatoms. The molecule has 0 fully saturated rings. The lowest BCUT2D eigenvalue weighted by molar-refractivity contribution is -0.148. The number of hydrogen-bond acceptors (Lipinski definition) is 6. The van der Waals surface area contributed by atoms with E-state index in [0.29, 0.717) is 6.61 Å². The lowest BCUT2D eigenvalue weighted by Gasteiger charge is -2.14. The normalized spacial score (nSPS) is 13.7. The number of esters is 1. The predicted octanol–water partition coefficient (Wildman–Crippen LogP) is 1.14. The molecule has 1 aromatic carbocycles. The van der Waals surface area contributed by atoms with Crippen molar-refractivity contribution in [3.63, 3.8) is 0 Å². The number of rotatable bonds is 5. The summed E-state index contributed by atoms with van der Waals surface area (Å²) in [7, 11) is -4.02. The number of aliphatic hydroxyl groups excluding tert-OH is 1. The van der Waals surface area contributed by atoms with Gasteiger partial charge in [0.05, 0.1) is 17.6 Å². The minimum atomic E-state index is -4.02. The molecule has 1 rings (SSSR count). The quantitative estimate of drug-likeness (QED) is 0.538. The smallest absolute Gasteiger partial charge is 0.325 e. The molecule has 0 aliphatic carbocycles. The van der Waals surface area contributed by atoms with E-state index in [2.05, 4.69) is 0 Å². The van der Waals surface area contributed by atoms with Gasteiger partial charge >= 0.3 is 5.97 Å². The van der Waals surface area contributed by atoms with Gasteiger partial charge in [-0.1, -0.05) is 31.5 Å². The molecule has 7 nitrogen and oxygen atoms in total. The van der Waals surface area contributed by atoms with Crippen LogP contribution in [0.1, 0.15) is 26.3 Å². The van der Waals surface area contributed by atoms with Crippen molar-refractivity contribution in [3.05, 3.63) is 29.8 Å². The van der Waals surface area contributed by atoms with Crippen LogP contribution < -0.4 is 5.73 Å². The molecule has 0 bridgehead atoms. The van der Waals surface area contributed by atoms with E-state index in [0.717, 1.165) is 5.56 Å². The molecule has 0 saturated heterocycles. The number of carbonyl (C=O) groups is 1. The van der Waals surface area contributed by atoms with Crippen LogP contribution in [-0.4, -0.2) is 42.8 Å². The summed E-state index contributed by atoms with van der Waals surface area (Å²) in [5.41, 5.74) is 6.28. The SMILES string of the molecule is CC(C)COC(=O)[C@@H](N)[C@@H](C)O.Cc1ccc(S(=O)(=O)O)cc1. The highest BCUT2D eigenvalue weighted by molar-refractivity contribution is 7.85. The van der Waals surface area contributed by atoms with Gasteiger partial charge in [-0.3, -0.25) is 9.35 Å². The molecule has 132 valence electrons. The zero-order valence-corrected chi connectivity index (χ0v) is 14.6. The predicted molar refractivity (Wildman–Crippen MR) is 86.4 cm³/mol. The van der Waals surface area contributed by atoms with E-state index >= 15 is 0 Å². The van der Waals surface area contributed by atoms with Crippen molar-refractivity contribution >= 4 is 16.1 Å². The number of hydrogen-bond donors (Lipinski definition) is 3. The minimum Gasteiger partial charge on any atom is -0.464 e. The minimum absolute atomic E-state index is 0.0666. The van der Waals surface area contributed by atoms with Crippen LogP contribution in [0.3, 0.4) is 0 Å². The van der Waals surface area contributed by atoms with Gasteiger partial charge < -0.3 is 15.6 Å². The van der Waals surface area contributed by atoms with Crippen LogP contribution >= 0.6 is 0 Å². The second-order valence-corrected chi connectivity index (χ2v) is 7.00. The highest BCUT2D eigenvalue weighted by Crippen LogP contribution is 2.08. The first-order valence-corrected chi connectivity index (χ1v) is 8.53. The Bertz CT molecular complexity index is 580.